The molecule has 2 aliphatic rings. The fraction of sp³-hybridized carbons (Fsp3) is 0.304. The SMILES string of the molecule is CC(F)(F)c1ccc(CN2C(=O)CN(c3ccc(C#N)c(F)c3)C(=O)C23CN(C(N)=O)C3)cc1. The van der Waals surface area contributed by atoms with Gasteiger partial charge in [0.15, 0.2) is 5.54 Å². The van der Waals surface area contributed by atoms with Crippen LogP contribution in [0.5, 0.6) is 0 Å². The van der Waals surface area contributed by atoms with Crippen molar-refractivity contribution in [3.8, 4) is 6.07 Å². The lowest BCUT2D eigenvalue weighted by Crippen LogP contribution is -2.81. The van der Waals surface area contributed by atoms with Gasteiger partial charge in [-0.2, -0.15) is 5.26 Å². The molecule has 0 radical (unpaired) electrons. The van der Waals surface area contributed by atoms with Gasteiger partial charge in [0.05, 0.1) is 18.7 Å². The molecule has 1 spiro atoms. The number of benzene rings is 2. The van der Waals surface area contributed by atoms with Crippen LogP contribution in [0.4, 0.5) is 23.7 Å². The van der Waals surface area contributed by atoms with Crippen molar-refractivity contribution in [2.24, 2.45) is 5.73 Å². The molecule has 2 saturated heterocycles. The maximum atomic E-state index is 14.2. The van der Waals surface area contributed by atoms with E-state index in [-0.39, 0.29) is 36.4 Å². The largest absolute Gasteiger partial charge is 0.351 e. The number of amides is 4. The topological polar surface area (TPSA) is 111 Å². The van der Waals surface area contributed by atoms with E-state index in [1.807, 2.05) is 0 Å². The molecule has 11 heteroatoms. The van der Waals surface area contributed by atoms with Crippen LogP contribution in [0.1, 0.15) is 23.6 Å². The van der Waals surface area contributed by atoms with E-state index in [0.29, 0.717) is 5.56 Å². The summed E-state index contributed by atoms with van der Waals surface area (Å²) in [5, 5.41) is 8.94. The summed E-state index contributed by atoms with van der Waals surface area (Å²) in [6.07, 6.45) is 0. The van der Waals surface area contributed by atoms with Crippen LogP contribution in [0, 0.1) is 17.1 Å². The molecule has 2 N–H and O–H groups in total. The van der Waals surface area contributed by atoms with E-state index in [2.05, 4.69) is 0 Å². The summed E-state index contributed by atoms with van der Waals surface area (Å²) in [5.41, 5.74) is 4.10. The Morgan fingerprint density at radius 2 is 1.82 bits per heavy atom. The molecule has 2 fully saturated rings. The van der Waals surface area contributed by atoms with Crippen LogP contribution in [0.25, 0.3) is 0 Å². The van der Waals surface area contributed by atoms with Gasteiger partial charge in [0.25, 0.3) is 11.8 Å². The predicted octanol–water partition coefficient (Wildman–Crippen LogP) is 2.32. The highest BCUT2D eigenvalue weighted by Crippen LogP contribution is 2.37. The van der Waals surface area contributed by atoms with E-state index in [9.17, 15) is 27.6 Å². The van der Waals surface area contributed by atoms with Crippen molar-refractivity contribution in [1.82, 2.24) is 9.80 Å². The predicted molar refractivity (Wildman–Crippen MR) is 114 cm³/mol. The van der Waals surface area contributed by atoms with Crippen molar-refractivity contribution in [1.29, 1.82) is 5.26 Å². The molecule has 0 aliphatic carbocycles. The average Bonchev–Trinajstić information content (AvgIpc) is 2.74. The van der Waals surface area contributed by atoms with Crippen LogP contribution in [-0.2, 0) is 22.1 Å². The molecular weight excluding hydrogens is 451 g/mol. The Labute approximate surface area is 192 Å². The van der Waals surface area contributed by atoms with Crippen molar-refractivity contribution in [2.75, 3.05) is 24.5 Å². The number of anilines is 1. The Morgan fingerprint density at radius 1 is 1.18 bits per heavy atom. The van der Waals surface area contributed by atoms with Gasteiger partial charge in [-0.15, -0.1) is 0 Å². The first-order valence-corrected chi connectivity index (χ1v) is 10.3. The average molecular weight is 471 g/mol. The van der Waals surface area contributed by atoms with Gasteiger partial charge in [-0.1, -0.05) is 24.3 Å². The Bertz CT molecular complexity index is 1210. The Balaban J connectivity index is 1.66. The van der Waals surface area contributed by atoms with Gasteiger partial charge < -0.3 is 20.4 Å². The number of carbonyl (C=O) groups is 3. The van der Waals surface area contributed by atoms with E-state index in [0.717, 1.165) is 17.9 Å². The summed E-state index contributed by atoms with van der Waals surface area (Å²) in [6.45, 7) is 0.00761. The molecule has 176 valence electrons. The Morgan fingerprint density at radius 3 is 2.35 bits per heavy atom. The number of piperazine rings is 1. The van der Waals surface area contributed by atoms with Crippen LogP contribution in [-0.4, -0.2) is 52.8 Å². The number of nitriles is 1. The number of halogens is 3. The number of hydrogen-bond acceptors (Lipinski definition) is 4. The third kappa shape index (κ3) is 3.81. The summed E-state index contributed by atoms with van der Waals surface area (Å²) in [5.74, 6) is -4.87. The molecule has 4 amide bonds. The normalized spacial score (nSPS) is 17.6. The summed E-state index contributed by atoms with van der Waals surface area (Å²) in [6, 6.07) is 9.91. The van der Waals surface area contributed by atoms with Gasteiger partial charge in [-0.25, -0.2) is 18.0 Å². The zero-order valence-corrected chi connectivity index (χ0v) is 18.1. The number of hydrogen-bond donors (Lipinski definition) is 1. The van der Waals surface area contributed by atoms with E-state index in [1.54, 1.807) is 6.07 Å². The lowest BCUT2D eigenvalue weighted by Gasteiger charge is -2.57. The number of nitrogens with two attached hydrogens (primary N) is 1. The van der Waals surface area contributed by atoms with Crippen molar-refractivity contribution in [3.63, 3.8) is 0 Å². The molecular formula is C23H20F3N5O3. The highest BCUT2D eigenvalue weighted by Gasteiger charge is 2.60. The van der Waals surface area contributed by atoms with Gasteiger partial charge in [-0.05, 0) is 23.8 Å². The summed E-state index contributed by atoms with van der Waals surface area (Å²) in [7, 11) is 0. The number of alkyl halides is 2. The van der Waals surface area contributed by atoms with Crippen molar-refractivity contribution in [3.05, 3.63) is 65.0 Å². The number of urea groups is 1. The monoisotopic (exact) mass is 471 g/mol. The molecule has 2 heterocycles. The summed E-state index contributed by atoms with van der Waals surface area (Å²) >= 11 is 0. The highest BCUT2D eigenvalue weighted by molar-refractivity contribution is 6.10. The molecule has 4 rings (SSSR count). The maximum absolute atomic E-state index is 14.2. The molecule has 34 heavy (non-hydrogen) atoms. The number of likely N-dealkylation sites (tertiary alicyclic amines) is 1. The number of rotatable bonds is 4. The van der Waals surface area contributed by atoms with Gasteiger partial charge in [0.2, 0.25) is 5.91 Å². The summed E-state index contributed by atoms with van der Waals surface area (Å²) < 4.78 is 41.3. The smallest absolute Gasteiger partial charge is 0.314 e. The van der Waals surface area contributed by atoms with Crippen LogP contribution >= 0.6 is 0 Å². The number of carbonyl (C=O) groups excluding carboxylic acids is 3. The van der Waals surface area contributed by atoms with Crippen LogP contribution in [0.15, 0.2) is 42.5 Å². The van der Waals surface area contributed by atoms with E-state index < -0.39 is 41.7 Å². The van der Waals surface area contributed by atoms with E-state index in [4.69, 9.17) is 11.0 Å². The molecule has 0 saturated carbocycles. The van der Waals surface area contributed by atoms with Crippen LogP contribution in [0.3, 0.4) is 0 Å². The lowest BCUT2D eigenvalue weighted by atomic mass is 9.83. The minimum Gasteiger partial charge on any atom is -0.351 e. The summed E-state index contributed by atoms with van der Waals surface area (Å²) in [4.78, 5) is 42.0. The first-order chi connectivity index (χ1) is 16.0. The second-order valence-electron chi connectivity index (χ2n) is 8.46. The molecule has 8 nitrogen and oxygen atoms in total. The third-order valence-electron chi connectivity index (χ3n) is 6.16. The lowest BCUT2D eigenvalue weighted by molar-refractivity contribution is -0.161. The van der Waals surface area contributed by atoms with Gasteiger partial charge in [0, 0.05) is 24.7 Å². The number of nitrogens with zero attached hydrogens (tertiary/aromatic N) is 4. The van der Waals surface area contributed by atoms with Crippen LogP contribution < -0.4 is 10.6 Å². The molecule has 0 unspecified atom stereocenters. The fourth-order valence-corrected chi connectivity index (χ4v) is 4.24. The standard InChI is InChI=1S/C23H20F3N5O3/c1-22(25,26)16-5-2-14(3-6-16)10-31-19(32)11-30(17-7-4-15(9-27)18(24)8-17)20(33)23(31)12-29(13-23)21(28)34/h2-8H,10-13H2,1H3,(H2,28,34). The molecule has 2 aromatic rings. The quantitative estimate of drug-likeness (QED) is 0.738. The molecule has 0 bridgehead atoms. The van der Waals surface area contributed by atoms with Crippen molar-refractivity contribution in [2.45, 2.75) is 24.9 Å². The third-order valence-corrected chi connectivity index (χ3v) is 6.16. The van der Waals surface area contributed by atoms with E-state index >= 15 is 0 Å². The second kappa shape index (κ2) is 8.06. The van der Waals surface area contributed by atoms with Crippen LogP contribution in [0.2, 0.25) is 0 Å². The number of primary amides is 1. The van der Waals surface area contributed by atoms with E-state index in [1.165, 1.54) is 46.2 Å². The van der Waals surface area contributed by atoms with Crippen molar-refractivity contribution < 1.29 is 27.6 Å². The highest BCUT2D eigenvalue weighted by atomic mass is 19.3. The first kappa shape index (κ1) is 23.1. The molecule has 0 atom stereocenters. The van der Waals surface area contributed by atoms with Gasteiger partial charge in [-0.3, -0.25) is 9.59 Å². The van der Waals surface area contributed by atoms with Crippen molar-refractivity contribution >= 4 is 23.5 Å². The maximum Gasteiger partial charge on any atom is 0.314 e. The zero-order chi connectivity index (χ0) is 24.8. The molecule has 2 aliphatic heterocycles. The first-order valence-electron chi connectivity index (χ1n) is 10.3. The van der Waals surface area contributed by atoms with Gasteiger partial charge >= 0.3 is 6.03 Å². The minimum absolute atomic E-state index is 0.0533. The minimum atomic E-state index is -3.02. The van der Waals surface area contributed by atoms with Gasteiger partial charge in [0.1, 0.15) is 18.4 Å². The second-order valence-corrected chi connectivity index (χ2v) is 8.46. The zero-order valence-electron chi connectivity index (χ0n) is 18.1. The fourth-order valence-electron chi connectivity index (χ4n) is 4.24. The molecule has 0 aromatic heterocycles. The Kier molecular flexibility index (Phi) is 5.47. The Hall–Kier alpha value is -4.07. The molecule has 2 aromatic carbocycles.